The van der Waals surface area contributed by atoms with Gasteiger partial charge in [-0.1, -0.05) is 22.0 Å². The number of primary amides is 1. The topological polar surface area (TPSA) is 67.2 Å². The number of carbonyl (C=O) groups excluding carboxylic acids is 1. The molecule has 0 aliphatic carbocycles. The van der Waals surface area contributed by atoms with Crippen LogP contribution in [0.5, 0.6) is 0 Å². The van der Waals surface area contributed by atoms with Gasteiger partial charge >= 0.3 is 6.03 Å². The van der Waals surface area contributed by atoms with E-state index in [1.807, 2.05) is 6.07 Å². The number of carbonyl (C=O) groups is 1. The predicted molar refractivity (Wildman–Crippen MR) is 81.1 cm³/mol. The number of amides is 2. The number of urea groups is 1. The third-order valence-electron chi connectivity index (χ3n) is 2.62. The van der Waals surface area contributed by atoms with Gasteiger partial charge in [-0.25, -0.2) is 9.18 Å². The molecule has 0 bridgehead atoms. The number of nitrogens with one attached hydrogen (secondary N) is 2. The Morgan fingerprint density at radius 1 is 1.20 bits per heavy atom. The zero-order valence-electron chi connectivity index (χ0n) is 10.5. The van der Waals surface area contributed by atoms with Gasteiger partial charge in [-0.3, -0.25) is 0 Å². The maximum absolute atomic E-state index is 13.2. The highest BCUT2D eigenvalue weighted by Crippen LogP contribution is 2.20. The van der Waals surface area contributed by atoms with E-state index in [0.29, 0.717) is 12.2 Å². The Labute approximate surface area is 124 Å². The van der Waals surface area contributed by atoms with Crippen molar-refractivity contribution in [2.75, 3.05) is 10.6 Å². The molecule has 4 N–H and O–H groups in total. The van der Waals surface area contributed by atoms with Gasteiger partial charge in [0.05, 0.1) is 0 Å². The van der Waals surface area contributed by atoms with Crippen molar-refractivity contribution in [3.8, 4) is 0 Å². The zero-order chi connectivity index (χ0) is 14.5. The number of benzene rings is 2. The Balaban J connectivity index is 2.07. The molecule has 0 aromatic heterocycles. The minimum Gasteiger partial charge on any atom is -0.381 e. The summed E-state index contributed by atoms with van der Waals surface area (Å²) < 4.78 is 14.0. The number of rotatable bonds is 4. The average Bonchev–Trinajstić information content (AvgIpc) is 2.39. The summed E-state index contributed by atoms with van der Waals surface area (Å²) in [6.07, 6.45) is 0. The summed E-state index contributed by atoms with van der Waals surface area (Å²) >= 11 is 3.37. The molecule has 20 heavy (non-hydrogen) atoms. The van der Waals surface area contributed by atoms with Gasteiger partial charge in [0.15, 0.2) is 0 Å². The molecule has 0 atom stereocenters. The van der Waals surface area contributed by atoms with Crippen LogP contribution >= 0.6 is 15.9 Å². The predicted octanol–water partition coefficient (Wildman–Crippen LogP) is 3.69. The number of hydrogen-bond donors (Lipinski definition) is 3. The lowest BCUT2D eigenvalue weighted by Gasteiger charge is -2.10. The van der Waals surface area contributed by atoms with Crippen molar-refractivity contribution in [2.24, 2.45) is 5.73 Å². The van der Waals surface area contributed by atoms with E-state index in [4.69, 9.17) is 5.73 Å². The van der Waals surface area contributed by atoms with Crippen LogP contribution in [0.25, 0.3) is 0 Å². The van der Waals surface area contributed by atoms with Crippen LogP contribution in [-0.4, -0.2) is 6.03 Å². The second-order valence-electron chi connectivity index (χ2n) is 4.16. The first kappa shape index (κ1) is 14.3. The van der Waals surface area contributed by atoms with Crippen molar-refractivity contribution in [1.29, 1.82) is 0 Å². The Morgan fingerprint density at radius 3 is 2.70 bits per heavy atom. The highest BCUT2D eigenvalue weighted by atomic mass is 79.9. The quantitative estimate of drug-likeness (QED) is 0.796. The molecular formula is C14H13BrFN3O. The number of halogens is 2. The lowest BCUT2D eigenvalue weighted by Crippen LogP contribution is -2.19. The molecule has 0 heterocycles. The fourth-order valence-corrected chi connectivity index (χ4v) is 2.11. The second-order valence-corrected chi connectivity index (χ2v) is 5.01. The van der Waals surface area contributed by atoms with E-state index in [1.165, 1.54) is 12.1 Å². The molecular weight excluding hydrogens is 325 g/mol. The molecule has 0 aliphatic heterocycles. The van der Waals surface area contributed by atoms with E-state index < -0.39 is 6.03 Å². The average molecular weight is 338 g/mol. The van der Waals surface area contributed by atoms with E-state index in [0.717, 1.165) is 15.7 Å². The normalized spacial score (nSPS) is 10.1. The standard InChI is InChI=1S/C14H13BrFN3O/c15-13-5-4-10(16)6-9(13)8-18-11-2-1-3-12(7-11)19-14(17)20/h1-7,18H,8H2,(H3,17,19,20). The van der Waals surface area contributed by atoms with Crippen LogP contribution in [0.4, 0.5) is 20.6 Å². The third-order valence-corrected chi connectivity index (χ3v) is 3.39. The van der Waals surface area contributed by atoms with E-state index >= 15 is 0 Å². The summed E-state index contributed by atoms with van der Waals surface area (Å²) in [5.74, 6) is -0.283. The highest BCUT2D eigenvalue weighted by molar-refractivity contribution is 9.10. The van der Waals surface area contributed by atoms with Crippen LogP contribution in [0, 0.1) is 5.82 Å². The summed E-state index contributed by atoms with van der Waals surface area (Å²) in [6.45, 7) is 0.457. The minimum absolute atomic E-state index is 0.283. The first-order chi connectivity index (χ1) is 9.54. The summed E-state index contributed by atoms with van der Waals surface area (Å²) in [4.78, 5) is 10.8. The monoisotopic (exact) mass is 337 g/mol. The summed E-state index contributed by atoms with van der Waals surface area (Å²) in [5, 5.41) is 5.65. The molecule has 0 unspecified atom stereocenters. The van der Waals surface area contributed by atoms with Gasteiger partial charge in [0.1, 0.15) is 5.82 Å². The molecule has 0 radical (unpaired) electrons. The zero-order valence-corrected chi connectivity index (χ0v) is 12.1. The lowest BCUT2D eigenvalue weighted by molar-refractivity contribution is 0.259. The van der Waals surface area contributed by atoms with E-state index in [2.05, 4.69) is 26.6 Å². The fourth-order valence-electron chi connectivity index (χ4n) is 1.73. The van der Waals surface area contributed by atoms with Crippen molar-refractivity contribution in [3.63, 3.8) is 0 Å². The van der Waals surface area contributed by atoms with Crippen molar-refractivity contribution < 1.29 is 9.18 Å². The van der Waals surface area contributed by atoms with Crippen LogP contribution in [-0.2, 0) is 6.54 Å². The van der Waals surface area contributed by atoms with Gasteiger partial charge < -0.3 is 16.4 Å². The van der Waals surface area contributed by atoms with Crippen molar-refractivity contribution in [3.05, 3.63) is 58.3 Å². The van der Waals surface area contributed by atoms with Gasteiger partial charge in [-0.15, -0.1) is 0 Å². The second kappa shape index (κ2) is 6.38. The first-order valence-corrected chi connectivity index (χ1v) is 6.68. The molecule has 104 valence electrons. The largest absolute Gasteiger partial charge is 0.381 e. The molecule has 4 nitrogen and oxygen atoms in total. The van der Waals surface area contributed by atoms with E-state index in [1.54, 1.807) is 24.3 Å². The molecule has 2 amide bonds. The Hall–Kier alpha value is -2.08. The molecule has 6 heteroatoms. The Morgan fingerprint density at radius 2 is 1.95 bits per heavy atom. The molecule has 0 saturated heterocycles. The van der Waals surface area contributed by atoms with Crippen LogP contribution in [0.2, 0.25) is 0 Å². The van der Waals surface area contributed by atoms with Gasteiger partial charge in [0.25, 0.3) is 0 Å². The van der Waals surface area contributed by atoms with Crippen LogP contribution < -0.4 is 16.4 Å². The van der Waals surface area contributed by atoms with Crippen molar-refractivity contribution in [2.45, 2.75) is 6.54 Å². The van der Waals surface area contributed by atoms with Gasteiger partial charge in [-0.05, 0) is 42.0 Å². The van der Waals surface area contributed by atoms with Gasteiger partial charge in [0, 0.05) is 22.4 Å². The molecule has 0 aliphatic rings. The summed E-state index contributed by atoms with van der Waals surface area (Å²) in [6, 6.07) is 11.0. The Kier molecular flexibility index (Phi) is 4.57. The fraction of sp³-hybridized carbons (Fsp3) is 0.0714. The number of anilines is 2. The summed E-state index contributed by atoms with van der Waals surface area (Å²) in [5.41, 5.74) is 7.26. The van der Waals surface area contributed by atoms with Crippen LogP contribution in [0.15, 0.2) is 46.9 Å². The lowest BCUT2D eigenvalue weighted by atomic mass is 10.2. The third kappa shape index (κ3) is 3.96. The number of hydrogen-bond acceptors (Lipinski definition) is 2. The maximum atomic E-state index is 13.2. The molecule has 2 rings (SSSR count). The van der Waals surface area contributed by atoms with Crippen LogP contribution in [0.3, 0.4) is 0 Å². The smallest absolute Gasteiger partial charge is 0.316 e. The minimum atomic E-state index is -0.616. The van der Waals surface area contributed by atoms with E-state index in [-0.39, 0.29) is 5.82 Å². The highest BCUT2D eigenvalue weighted by Gasteiger charge is 2.03. The van der Waals surface area contributed by atoms with Gasteiger partial charge in [-0.2, -0.15) is 0 Å². The van der Waals surface area contributed by atoms with Crippen molar-refractivity contribution >= 4 is 33.3 Å². The molecule has 0 spiro atoms. The van der Waals surface area contributed by atoms with E-state index in [9.17, 15) is 9.18 Å². The molecule has 0 fully saturated rings. The molecule has 0 saturated carbocycles. The molecule has 2 aromatic rings. The Bertz CT molecular complexity index is 634. The SMILES string of the molecule is NC(=O)Nc1cccc(NCc2cc(F)ccc2Br)c1. The number of nitrogens with two attached hydrogens (primary N) is 1. The van der Waals surface area contributed by atoms with Crippen LogP contribution in [0.1, 0.15) is 5.56 Å². The van der Waals surface area contributed by atoms with Crippen molar-refractivity contribution in [1.82, 2.24) is 0 Å². The first-order valence-electron chi connectivity index (χ1n) is 5.89. The van der Waals surface area contributed by atoms with Gasteiger partial charge in [0.2, 0.25) is 0 Å². The summed E-state index contributed by atoms with van der Waals surface area (Å²) in [7, 11) is 0. The maximum Gasteiger partial charge on any atom is 0.316 e. The molecule has 2 aromatic carbocycles.